The van der Waals surface area contributed by atoms with E-state index in [0.29, 0.717) is 0 Å². The molecule has 0 aliphatic carbocycles. The van der Waals surface area contributed by atoms with Crippen LogP contribution in [0.2, 0.25) is 0 Å². The van der Waals surface area contributed by atoms with E-state index < -0.39 is 23.0 Å². The molecule has 0 aromatic heterocycles. The fraction of sp³-hybridized carbons (Fsp3) is 0.600. The summed E-state index contributed by atoms with van der Waals surface area (Å²) in [6, 6.07) is 0. The Morgan fingerprint density at radius 1 is 1.00 bits per heavy atom. The van der Waals surface area contributed by atoms with Gasteiger partial charge in [-0.1, -0.05) is 0 Å². The van der Waals surface area contributed by atoms with Gasteiger partial charge in [-0.15, -0.1) is 0 Å². The predicted molar refractivity (Wildman–Crippen MR) is 49.9 cm³/mol. The van der Waals surface area contributed by atoms with E-state index in [1.165, 1.54) is 0 Å². The van der Waals surface area contributed by atoms with Crippen LogP contribution in [0.5, 0.6) is 0 Å². The zero-order chi connectivity index (χ0) is 11.6. The van der Waals surface area contributed by atoms with E-state index in [9.17, 15) is 14.8 Å². The first-order valence-electron chi connectivity index (χ1n) is 4.71. The van der Waals surface area contributed by atoms with Crippen LogP contribution in [-0.4, -0.2) is 33.3 Å². The standard InChI is InChI=1S/C10H13NO4/c1-9(2)5-6(8(13)15-7(5)12)10(3,4)11(9)14/h14H,1-4H3. The van der Waals surface area contributed by atoms with Crippen LogP contribution in [0.1, 0.15) is 27.7 Å². The van der Waals surface area contributed by atoms with Crippen molar-refractivity contribution in [2.24, 2.45) is 0 Å². The average Bonchev–Trinajstić information content (AvgIpc) is 2.45. The van der Waals surface area contributed by atoms with E-state index in [2.05, 4.69) is 4.74 Å². The summed E-state index contributed by atoms with van der Waals surface area (Å²) in [5, 5.41) is 11.0. The summed E-state index contributed by atoms with van der Waals surface area (Å²) in [7, 11) is 0. The van der Waals surface area contributed by atoms with Crippen LogP contribution < -0.4 is 0 Å². The van der Waals surface area contributed by atoms with Crippen molar-refractivity contribution in [3.63, 3.8) is 0 Å². The SMILES string of the molecule is CC1(C)C2=C(C(=O)OC2=O)C(C)(C)N1O. The third kappa shape index (κ3) is 0.992. The first kappa shape index (κ1) is 10.3. The number of carbonyl (C=O) groups excluding carboxylic acids is 2. The van der Waals surface area contributed by atoms with Gasteiger partial charge >= 0.3 is 11.9 Å². The van der Waals surface area contributed by atoms with Gasteiger partial charge in [-0.3, -0.25) is 0 Å². The second kappa shape index (κ2) is 2.48. The molecule has 15 heavy (non-hydrogen) atoms. The van der Waals surface area contributed by atoms with Gasteiger partial charge < -0.3 is 9.94 Å². The zero-order valence-electron chi connectivity index (χ0n) is 9.12. The van der Waals surface area contributed by atoms with Crippen LogP contribution in [0.15, 0.2) is 11.1 Å². The zero-order valence-corrected chi connectivity index (χ0v) is 9.12. The van der Waals surface area contributed by atoms with Gasteiger partial charge in [0, 0.05) is 0 Å². The van der Waals surface area contributed by atoms with E-state index in [1.54, 1.807) is 27.7 Å². The molecule has 82 valence electrons. The van der Waals surface area contributed by atoms with Crippen LogP contribution in [0.3, 0.4) is 0 Å². The van der Waals surface area contributed by atoms with Crippen molar-refractivity contribution >= 4 is 11.9 Å². The summed E-state index contributed by atoms with van der Waals surface area (Å²) in [5.41, 5.74) is -1.25. The summed E-state index contributed by atoms with van der Waals surface area (Å²) in [5.74, 6) is -1.30. The number of hydrogen-bond acceptors (Lipinski definition) is 5. The summed E-state index contributed by atoms with van der Waals surface area (Å²) in [6.45, 7) is 6.71. The monoisotopic (exact) mass is 211 g/mol. The Kier molecular flexibility index (Phi) is 1.71. The molecule has 0 amide bonds. The van der Waals surface area contributed by atoms with E-state index in [4.69, 9.17) is 0 Å². The number of nitrogens with zero attached hydrogens (tertiary/aromatic N) is 1. The Balaban J connectivity index is 2.69. The van der Waals surface area contributed by atoms with Crippen molar-refractivity contribution in [3.05, 3.63) is 11.1 Å². The number of ether oxygens (including phenoxy) is 1. The van der Waals surface area contributed by atoms with E-state index in [1.807, 2.05) is 0 Å². The molecule has 0 radical (unpaired) electrons. The third-order valence-corrected chi connectivity index (χ3v) is 3.13. The topological polar surface area (TPSA) is 66.8 Å². The quantitative estimate of drug-likeness (QED) is 0.470. The van der Waals surface area contributed by atoms with E-state index in [0.717, 1.165) is 5.06 Å². The van der Waals surface area contributed by atoms with Crippen LogP contribution in [0.25, 0.3) is 0 Å². The third-order valence-electron chi connectivity index (χ3n) is 3.13. The number of esters is 2. The highest BCUT2D eigenvalue weighted by molar-refractivity contribution is 6.15. The van der Waals surface area contributed by atoms with Gasteiger partial charge in [-0.25, -0.2) is 9.59 Å². The molecular weight excluding hydrogens is 198 g/mol. The molecule has 0 spiro atoms. The molecule has 0 aromatic carbocycles. The van der Waals surface area contributed by atoms with Crippen LogP contribution in [0.4, 0.5) is 0 Å². The van der Waals surface area contributed by atoms with Crippen molar-refractivity contribution in [2.75, 3.05) is 0 Å². The molecule has 2 rings (SSSR count). The highest BCUT2D eigenvalue weighted by Crippen LogP contribution is 2.47. The van der Waals surface area contributed by atoms with Crippen molar-refractivity contribution in [3.8, 4) is 0 Å². The molecule has 0 saturated heterocycles. The maximum Gasteiger partial charge on any atom is 0.344 e. The number of cyclic esters (lactones) is 2. The second-order valence-corrected chi connectivity index (χ2v) is 4.86. The maximum absolute atomic E-state index is 11.5. The molecule has 0 atom stereocenters. The van der Waals surface area contributed by atoms with Gasteiger partial charge in [0.15, 0.2) is 0 Å². The Bertz CT molecular complexity index is 370. The van der Waals surface area contributed by atoms with Crippen molar-refractivity contribution < 1.29 is 19.5 Å². The first-order chi connectivity index (χ1) is 6.70. The maximum atomic E-state index is 11.5. The molecular formula is C10H13NO4. The number of hydroxylamine groups is 2. The van der Waals surface area contributed by atoms with Gasteiger partial charge in [-0.2, -0.15) is 5.06 Å². The molecule has 2 heterocycles. The van der Waals surface area contributed by atoms with Crippen LogP contribution in [-0.2, 0) is 14.3 Å². The minimum atomic E-state index is -0.887. The fourth-order valence-electron chi connectivity index (χ4n) is 2.41. The molecule has 0 bridgehead atoms. The Morgan fingerprint density at radius 2 is 1.33 bits per heavy atom. The Morgan fingerprint density at radius 3 is 1.67 bits per heavy atom. The summed E-state index contributed by atoms with van der Waals surface area (Å²) < 4.78 is 4.56. The van der Waals surface area contributed by atoms with E-state index >= 15 is 0 Å². The van der Waals surface area contributed by atoms with Gasteiger partial charge in [0.1, 0.15) is 0 Å². The van der Waals surface area contributed by atoms with Crippen molar-refractivity contribution in [1.29, 1.82) is 0 Å². The fourth-order valence-corrected chi connectivity index (χ4v) is 2.41. The van der Waals surface area contributed by atoms with Gasteiger partial charge in [0.2, 0.25) is 0 Å². The summed E-state index contributed by atoms with van der Waals surface area (Å²) in [6.07, 6.45) is 0. The lowest BCUT2D eigenvalue weighted by Gasteiger charge is -2.36. The minimum Gasteiger partial charge on any atom is -0.386 e. The van der Waals surface area contributed by atoms with E-state index in [-0.39, 0.29) is 11.1 Å². The smallest absolute Gasteiger partial charge is 0.344 e. The van der Waals surface area contributed by atoms with Crippen molar-refractivity contribution in [2.45, 2.75) is 38.8 Å². The lowest BCUT2D eigenvalue weighted by atomic mass is 9.92. The van der Waals surface area contributed by atoms with Crippen LogP contribution in [0, 0.1) is 0 Å². The molecule has 0 saturated carbocycles. The summed E-state index contributed by atoms with van der Waals surface area (Å²) >= 11 is 0. The number of hydrogen-bond donors (Lipinski definition) is 1. The molecule has 0 aromatic rings. The van der Waals surface area contributed by atoms with Crippen molar-refractivity contribution in [1.82, 2.24) is 5.06 Å². The molecule has 1 N–H and O–H groups in total. The highest BCUT2D eigenvalue weighted by Gasteiger charge is 2.59. The summed E-state index contributed by atoms with van der Waals surface area (Å²) in [4.78, 5) is 23.0. The first-order valence-corrected chi connectivity index (χ1v) is 4.71. The molecule has 2 aliphatic heterocycles. The molecule has 0 unspecified atom stereocenters. The predicted octanol–water partition coefficient (Wildman–Crippen LogP) is 0.628. The lowest BCUT2D eigenvalue weighted by molar-refractivity contribution is -0.194. The van der Waals surface area contributed by atoms with Crippen LogP contribution >= 0.6 is 0 Å². The molecule has 2 aliphatic rings. The largest absolute Gasteiger partial charge is 0.386 e. The van der Waals surface area contributed by atoms with Gasteiger partial charge in [-0.05, 0) is 27.7 Å². The number of carbonyl (C=O) groups is 2. The average molecular weight is 211 g/mol. The molecule has 5 nitrogen and oxygen atoms in total. The Labute approximate surface area is 87.3 Å². The van der Waals surface area contributed by atoms with Gasteiger partial charge in [0.05, 0.1) is 22.2 Å². The highest BCUT2D eigenvalue weighted by atomic mass is 16.6. The van der Waals surface area contributed by atoms with Gasteiger partial charge in [0.25, 0.3) is 0 Å². The minimum absolute atomic E-state index is 0.264. The normalized spacial score (nSPS) is 28.3. The lowest BCUT2D eigenvalue weighted by Crippen LogP contribution is -2.50. The number of rotatable bonds is 0. The molecule has 0 fully saturated rings. The Hall–Kier alpha value is -1.20. The molecule has 5 heteroatoms. The second-order valence-electron chi connectivity index (χ2n) is 4.86.